The third kappa shape index (κ3) is 1.26. The molecule has 1 aromatic carbocycles. The Morgan fingerprint density at radius 1 is 0.737 bits per heavy atom. The Hall–Kier alpha value is -1.96. The van der Waals surface area contributed by atoms with E-state index in [4.69, 9.17) is 0 Å². The van der Waals surface area contributed by atoms with Crippen molar-refractivity contribution in [2.45, 2.75) is 33.1 Å². The fourth-order valence-corrected chi connectivity index (χ4v) is 3.67. The van der Waals surface area contributed by atoms with E-state index in [0.29, 0.717) is 11.1 Å². The van der Waals surface area contributed by atoms with Gasteiger partial charge in [0.2, 0.25) is 0 Å². The van der Waals surface area contributed by atoms with Crippen molar-refractivity contribution in [3.05, 3.63) is 44.5 Å². The molecule has 0 N–H and O–H groups in total. The highest BCUT2D eigenvalue weighted by atomic mass is 16.2. The van der Waals surface area contributed by atoms with Crippen LogP contribution in [-0.2, 0) is 12.8 Å². The number of fused-ring (bicyclic) bond motifs is 6. The standard InChI is InChI=1S/C17H14O2/c1-8-3-10-11-4-9(2)6-13(11)17-15(19)7-14(18)16(17)12(10)5-8/h5-6H,3-4,7H2,1-2H3. The Labute approximate surface area is 111 Å². The molecule has 94 valence electrons. The normalized spacial score (nSPS) is 19.3. The number of hydrogen-bond donors (Lipinski definition) is 0. The fraction of sp³-hybridized carbons (Fsp3) is 0.294. The molecule has 0 spiro atoms. The molecule has 0 radical (unpaired) electrons. The zero-order valence-electron chi connectivity index (χ0n) is 11.1. The largest absolute Gasteiger partial charge is 0.294 e. The van der Waals surface area contributed by atoms with Gasteiger partial charge in [0.1, 0.15) is 0 Å². The van der Waals surface area contributed by atoms with E-state index in [-0.39, 0.29) is 18.0 Å². The van der Waals surface area contributed by atoms with Crippen LogP contribution in [0.5, 0.6) is 0 Å². The summed E-state index contributed by atoms with van der Waals surface area (Å²) in [5.41, 5.74) is 8.58. The quantitative estimate of drug-likeness (QED) is 0.661. The second-order valence-electron chi connectivity index (χ2n) is 5.89. The predicted molar refractivity (Wildman–Crippen MR) is 74.4 cm³/mol. The summed E-state index contributed by atoms with van der Waals surface area (Å²) in [5.74, 6) is 0.00547. The van der Waals surface area contributed by atoms with Crippen LogP contribution in [-0.4, -0.2) is 11.6 Å². The molecule has 0 heterocycles. The first-order valence-corrected chi connectivity index (χ1v) is 6.68. The average molecular weight is 250 g/mol. The molecule has 2 heteroatoms. The number of Topliss-reactive ketones (excluding diaryl/α,β-unsaturated/α-hetero) is 2. The summed E-state index contributed by atoms with van der Waals surface area (Å²) in [6.07, 6.45) is 6.09. The molecule has 2 nitrogen and oxygen atoms in total. The highest BCUT2D eigenvalue weighted by Crippen LogP contribution is 2.43. The number of carbonyl (C=O) groups excluding carboxylic acids is 2. The van der Waals surface area contributed by atoms with Crippen molar-refractivity contribution in [1.82, 2.24) is 0 Å². The van der Waals surface area contributed by atoms with Gasteiger partial charge in [-0.1, -0.05) is 23.3 Å². The average Bonchev–Trinajstić information content (AvgIpc) is 2.94. The maximum Gasteiger partial charge on any atom is 0.171 e. The van der Waals surface area contributed by atoms with Gasteiger partial charge in [-0.05, 0) is 48.9 Å². The molecule has 3 aliphatic carbocycles. The monoisotopic (exact) mass is 250 g/mol. The van der Waals surface area contributed by atoms with Gasteiger partial charge < -0.3 is 0 Å². The molecule has 0 atom stereocenters. The molecular weight excluding hydrogens is 236 g/mol. The first kappa shape index (κ1) is 10.9. The molecule has 0 unspecified atom stereocenters. The maximum atomic E-state index is 12.2. The third-order valence-corrected chi connectivity index (χ3v) is 4.37. The van der Waals surface area contributed by atoms with Crippen molar-refractivity contribution >= 4 is 23.7 Å². The Bertz CT molecular complexity index is 682. The van der Waals surface area contributed by atoms with E-state index in [0.717, 1.165) is 24.0 Å². The van der Waals surface area contributed by atoms with E-state index in [2.05, 4.69) is 26.0 Å². The molecule has 0 fully saturated rings. The first-order chi connectivity index (χ1) is 9.06. The Morgan fingerprint density at radius 2 is 1.16 bits per heavy atom. The lowest BCUT2D eigenvalue weighted by Crippen LogP contribution is -2.04. The van der Waals surface area contributed by atoms with Crippen LogP contribution in [0, 0.1) is 0 Å². The van der Waals surface area contributed by atoms with Gasteiger partial charge in [0, 0.05) is 11.1 Å². The minimum Gasteiger partial charge on any atom is -0.294 e. The van der Waals surface area contributed by atoms with Crippen LogP contribution in [0.3, 0.4) is 0 Å². The van der Waals surface area contributed by atoms with Crippen LogP contribution in [0.25, 0.3) is 12.2 Å². The van der Waals surface area contributed by atoms with Crippen molar-refractivity contribution in [3.63, 3.8) is 0 Å². The topological polar surface area (TPSA) is 34.1 Å². The van der Waals surface area contributed by atoms with Gasteiger partial charge in [-0.2, -0.15) is 0 Å². The zero-order valence-corrected chi connectivity index (χ0v) is 11.1. The second kappa shape index (κ2) is 3.32. The molecule has 0 aromatic heterocycles. The van der Waals surface area contributed by atoms with E-state index in [1.165, 1.54) is 22.3 Å². The number of rotatable bonds is 0. The van der Waals surface area contributed by atoms with E-state index in [1.807, 2.05) is 0 Å². The van der Waals surface area contributed by atoms with E-state index in [1.54, 1.807) is 0 Å². The molecule has 3 aliphatic rings. The van der Waals surface area contributed by atoms with Crippen LogP contribution >= 0.6 is 0 Å². The Kier molecular flexibility index (Phi) is 1.91. The Balaban J connectivity index is 2.15. The van der Waals surface area contributed by atoms with Crippen molar-refractivity contribution in [2.24, 2.45) is 0 Å². The van der Waals surface area contributed by atoms with Crippen LogP contribution < -0.4 is 0 Å². The van der Waals surface area contributed by atoms with Gasteiger partial charge >= 0.3 is 0 Å². The molecule has 4 rings (SSSR count). The minimum absolute atomic E-state index is 0.00273. The molecule has 0 bridgehead atoms. The lowest BCUT2D eigenvalue weighted by Gasteiger charge is -2.13. The molecule has 0 aliphatic heterocycles. The molecule has 0 saturated carbocycles. The summed E-state index contributed by atoms with van der Waals surface area (Å²) < 4.78 is 0. The molecule has 1 aromatic rings. The van der Waals surface area contributed by atoms with Gasteiger partial charge in [0.15, 0.2) is 11.6 Å². The summed E-state index contributed by atoms with van der Waals surface area (Å²) >= 11 is 0. The lowest BCUT2D eigenvalue weighted by atomic mass is 9.89. The van der Waals surface area contributed by atoms with Crippen molar-refractivity contribution in [3.8, 4) is 0 Å². The Morgan fingerprint density at radius 3 is 1.58 bits per heavy atom. The molecule has 0 amide bonds. The van der Waals surface area contributed by atoms with E-state index in [9.17, 15) is 9.59 Å². The first-order valence-electron chi connectivity index (χ1n) is 6.68. The number of carbonyl (C=O) groups is 2. The van der Waals surface area contributed by atoms with Gasteiger partial charge in [-0.25, -0.2) is 0 Å². The van der Waals surface area contributed by atoms with Crippen LogP contribution in [0.1, 0.15) is 63.2 Å². The van der Waals surface area contributed by atoms with Crippen LogP contribution in [0.15, 0.2) is 11.1 Å². The van der Waals surface area contributed by atoms with Gasteiger partial charge in [-0.3, -0.25) is 9.59 Å². The van der Waals surface area contributed by atoms with E-state index >= 15 is 0 Å². The highest BCUT2D eigenvalue weighted by molar-refractivity contribution is 6.27. The third-order valence-electron chi connectivity index (χ3n) is 4.37. The molecular formula is C17H14O2. The van der Waals surface area contributed by atoms with E-state index < -0.39 is 0 Å². The van der Waals surface area contributed by atoms with Crippen LogP contribution in [0.2, 0.25) is 0 Å². The summed E-state index contributed by atoms with van der Waals surface area (Å²) in [5, 5.41) is 0. The zero-order chi connectivity index (χ0) is 13.3. The summed E-state index contributed by atoms with van der Waals surface area (Å²) in [4.78, 5) is 24.3. The summed E-state index contributed by atoms with van der Waals surface area (Å²) in [6.45, 7) is 4.19. The van der Waals surface area contributed by atoms with Gasteiger partial charge in [0.25, 0.3) is 0 Å². The second-order valence-corrected chi connectivity index (χ2v) is 5.89. The predicted octanol–water partition coefficient (Wildman–Crippen LogP) is 3.37. The molecule has 0 saturated heterocycles. The summed E-state index contributed by atoms with van der Waals surface area (Å²) in [7, 11) is 0. The fourth-order valence-electron chi connectivity index (χ4n) is 3.67. The number of hydrogen-bond acceptors (Lipinski definition) is 2. The smallest absolute Gasteiger partial charge is 0.171 e. The SMILES string of the molecule is CC1=Cc2c(c3c(c4c2C(=O)CC4=O)C=C(C)C3)C1. The summed E-state index contributed by atoms with van der Waals surface area (Å²) in [6, 6.07) is 0. The lowest BCUT2D eigenvalue weighted by molar-refractivity contribution is 0.0923. The van der Waals surface area contributed by atoms with Gasteiger partial charge in [-0.15, -0.1) is 0 Å². The molecule has 19 heavy (non-hydrogen) atoms. The van der Waals surface area contributed by atoms with Gasteiger partial charge in [0.05, 0.1) is 6.42 Å². The minimum atomic E-state index is 0.00273. The maximum absolute atomic E-state index is 12.2. The number of benzene rings is 1. The van der Waals surface area contributed by atoms with Crippen molar-refractivity contribution in [2.75, 3.05) is 0 Å². The van der Waals surface area contributed by atoms with Crippen molar-refractivity contribution < 1.29 is 9.59 Å². The van der Waals surface area contributed by atoms with Crippen LogP contribution in [0.4, 0.5) is 0 Å². The highest BCUT2D eigenvalue weighted by Gasteiger charge is 2.37. The number of allylic oxidation sites excluding steroid dienone is 2. The van der Waals surface area contributed by atoms with Crippen molar-refractivity contribution in [1.29, 1.82) is 0 Å². The number of ketones is 2.